The lowest BCUT2D eigenvalue weighted by Crippen LogP contribution is -2.14. The van der Waals surface area contributed by atoms with Crippen LogP contribution in [0.15, 0.2) is 206 Å². The molecule has 11 aromatic rings. The summed E-state index contributed by atoms with van der Waals surface area (Å²) in [6.07, 6.45) is 0. The molecule has 2 heteroatoms. The van der Waals surface area contributed by atoms with Crippen LogP contribution in [0, 0.1) is 0 Å². The summed E-state index contributed by atoms with van der Waals surface area (Å²) in [6.45, 7) is 4.69. The largest absolute Gasteiger partial charge is 0.228 e. The second-order valence-corrected chi connectivity index (χ2v) is 16.9. The highest BCUT2D eigenvalue weighted by Crippen LogP contribution is 2.50. The Morgan fingerprint density at radius 2 is 0.885 bits per heavy atom. The van der Waals surface area contributed by atoms with Gasteiger partial charge in [0.05, 0.1) is 11.4 Å². The Bertz CT molecular complexity index is 3560. The van der Waals surface area contributed by atoms with Crippen LogP contribution in [-0.2, 0) is 5.41 Å². The van der Waals surface area contributed by atoms with Gasteiger partial charge in [-0.15, -0.1) is 0 Å². The summed E-state index contributed by atoms with van der Waals surface area (Å²) in [5, 5.41) is 9.85. The van der Waals surface area contributed by atoms with E-state index in [1.54, 1.807) is 0 Å². The fraction of sp³-hybridized carbons (Fsp3) is 0.0508. The molecule has 12 rings (SSSR count). The van der Waals surface area contributed by atoms with Crippen molar-refractivity contribution in [3.8, 4) is 67.3 Å². The monoisotopic (exact) mass is 776 g/mol. The first-order valence-electron chi connectivity index (χ1n) is 21.2. The minimum absolute atomic E-state index is 0.0984. The molecular formula is C59H40N2. The lowest BCUT2D eigenvalue weighted by Gasteiger charge is -2.22. The molecule has 0 bridgehead atoms. The van der Waals surface area contributed by atoms with E-state index >= 15 is 0 Å². The van der Waals surface area contributed by atoms with Crippen molar-refractivity contribution in [2.24, 2.45) is 0 Å². The standard InChI is InChI=1S/C59H40N2/c1-59(2)53-27-15-14-25-46(53)47-30-29-40(35-54(47)59)42-21-10-13-26-48(42)55-36-56(61-58(60-55)38-17-4-3-5-18-38)49-32-33-50(45-24-12-11-23-44(45)49)57-43-22-9-7-19-39(43)34-52-41-20-8-6-16-37(41)28-31-51(52)57/h3-36H,1-2H3. The zero-order valence-electron chi connectivity index (χ0n) is 34.0. The molecule has 0 aliphatic heterocycles. The first-order chi connectivity index (χ1) is 30.0. The van der Waals surface area contributed by atoms with Gasteiger partial charge in [-0.3, -0.25) is 0 Å². The van der Waals surface area contributed by atoms with Gasteiger partial charge in [-0.05, 0) is 106 Å². The van der Waals surface area contributed by atoms with Gasteiger partial charge in [0.1, 0.15) is 0 Å². The molecule has 0 N–H and O–H groups in total. The number of nitrogens with zero attached hydrogens (tertiary/aromatic N) is 2. The van der Waals surface area contributed by atoms with Crippen molar-refractivity contribution in [3.05, 3.63) is 217 Å². The Hall–Kier alpha value is -7.68. The molecule has 286 valence electrons. The number of rotatable bonds is 5. The minimum atomic E-state index is -0.0984. The maximum absolute atomic E-state index is 5.37. The number of benzene rings is 10. The van der Waals surface area contributed by atoms with E-state index in [0.717, 1.165) is 39.0 Å². The van der Waals surface area contributed by atoms with Crippen LogP contribution in [0.1, 0.15) is 25.0 Å². The van der Waals surface area contributed by atoms with Crippen LogP contribution in [0.2, 0.25) is 0 Å². The van der Waals surface area contributed by atoms with E-state index in [2.05, 4.69) is 214 Å². The average Bonchev–Trinajstić information content (AvgIpc) is 3.55. The summed E-state index contributed by atoms with van der Waals surface area (Å²) in [5.41, 5.74) is 15.0. The summed E-state index contributed by atoms with van der Waals surface area (Å²) in [7, 11) is 0. The fourth-order valence-electron chi connectivity index (χ4n) is 10.1. The highest BCUT2D eigenvalue weighted by atomic mass is 14.9. The molecule has 61 heavy (non-hydrogen) atoms. The molecule has 1 aromatic heterocycles. The van der Waals surface area contributed by atoms with Crippen LogP contribution in [0.5, 0.6) is 0 Å². The van der Waals surface area contributed by atoms with Crippen LogP contribution in [0.25, 0.3) is 110 Å². The van der Waals surface area contributed by atoms with Crippen molar-refractivity contribution < 1.29 is 0 Å². The molecule has 0 spiro atoms. The quantitative estimate of drug-likeness (QED) is 0.128. The molecule has 0 unspecified atom stereocenters. The van der Waals surface area contributed by atoms with Gasteiger partial charge in [0, 0.05) is 22.1 Å². The molecular weight excluding hydrogens is 737 g/mol. The molecule has 0 radical (unpaired) electrons. The molecule has 10 aromatic carbocycles. The molecule has 0 saturated heterocycles. The maximum Gasteiger partial charge on any atom is 0.160 e. The molecule has 1 aliphatic rings. The highest BCUT2D eigenvalue weighted by Gasteiger charge is 2.35. The third-order valence-corrected chi connectivity index (χ3v) is 13.1. The van der Waals surface area contributed by atoms with Gasteiger partial charge >= 0.3 is 0 Å². The van der Waals surface area contributed by atoms with Gasteiger partial charge in [0.2, 0.25) is 0 Å². The molecule has 1 heterocycles. The topological polar surface area (TPSA) is 25.8 Å². The predicted molar refractivity (Wildman–Crippen MR) is 257 cm³/mol. The molecule has 0 saturated carbocycles. The van der Waals surface area contributed by atoms with Gasteiger partial charge in [-0.25, -0.2) is 9.97 Å². The van der Waals surface area contributed by atoms with E-state index in [9.17, 15) is 0 Å². The van der Waals surface area contributed by atoms with Crippen LogP contribution >= 0.6 is 0 Å². The Kier molecular flexibility index (Phi) is 7.92. The lowest BCUT2D eigenvalue weighted by atomic mass is 9.81. The molecule has 0 atom stereocenters. The SMILES string of the molecule is CC1(C)c2ccccc2-c2ccc(-c3ccccc3-c3cc(-c4ccc(-c5c6ccccc6cc6c5ccc5ccccc56)c5ccccc45)nc(-c4ccccc4)n3)cc21. The Morgan fingerprint density at radius 3 is 1.69 bits per heavy atom. The van der Waals surface area contributed by atoms with Gasteiger partial charge in [0.15, 0.2) is 5.82 Å². The van der Waals surface area contributed by atoms with E-state index in [0.29, 0.717) is 5.82 Å². The van der Waals surface area contributed by atoms with Crippen molar-refractivity contribution in [2.75, 3.05) is 0 Å². The predicted octanol–water partition coefficient (Wildman–Crippen LogP) is 15.7. The van der Waals surface area contributed by atoms with Crippen molar-refractivity contribution in [1.29, 1.82) is 0 Å². The van der Waals surface area contributed by atoms with Gasteiger partial charge < -0.3 is 0 Å². The van der Waals surface area contributed by atoms with E-state index in [-0.39, 0.29) is 5.41 Å². The van der Waals surface area contributed by atoms with E-state index in [1.807, 2.05) is 6.07 Å². The van der Waals surface area contributed by atoms with Gasteiger partial charge in [-0.1, -0.05) is 202 Å². The van der Waals surface area contributed by atoms with Gasteiger partial charge in [-0.2, -0.15) is 0 Å². The Labute approximate surface area is 355 Å². The van der Waals surface area contributed by atoms with E-state index in [4.69, 9.17) is 9.97 Å². The molecule has 1 aliphatic carbocycles. The molecule has 0 amide bonds. The Morgan fingerprint density at radius 1 is 0.311 bits per heavy atom. The lowest BCUT2D eigenvalue weighted by molar-refractivity contribution is 0.660. The van der Waals surface area contributed by atoms with Crippen molar-refractivity contribution in [2.45, 2.75) is 19.3 Å². The third-order valence-electron chi connectivity index (χ3n) is 13.1. The van der Waals surface area contributed by atoms with E-state index < -0.39 is 0 Å². The number of hydrogen-bond acceptors (Lipinski definition) is 2. The van der Waals surface area contributed by atoms with Gasteiger partial charge in [0.25, 0.3) is 0 Å². The Balaban J connectivity index is 1.06. The summed E-state index contributed by atoms with van der Waals surface area (Å²) < 4.78 is 0. The van der Waals surface area contributed by atoms with Crippen LogP contribution in [0.4, 0.5) is 0 Å². The molecule has 0 fully saturated rings. The number of aromatic nitrogens is 2. The van der Waals surface area contributed by atoms with Crippen LogP contribution in [-0.4, -0.2) is 9.97 Å². The third kappa shape index (κ3) is 5.56. The first-order valence-corrected chi connectivity index (χ1v) is 21.2. The number of hydrogen-bond donors (Lipinski definition) is 0. The summed E-state index contributed by atoms with van der Waals surface area (Å²) >= 11 is 0. The first kappa shape index (κ1) is 35.3. The number of fused-ring (bicyclic) bond motifs is 8. The average molecular weight is 777 g/mol. The second kappa shape index (κ2) is 13.7. The smallest absolute Gasteiger partial charge is 0.160 e. The fourth-order valence-corrected chi connectivity index (χ4v) is 10.1. The highest BCUT2D eigenvalue weighted by molar-refractivity contribution is 6.23. The van der Waals surface area contributed by atoms with Crippen molar-refractivity contribution in [3.63, 3.8) is 0 Å². The molecule has 2 nitrogen and oxygen atoms in total. The van der Waals surface area contributed by atoms with Crippen LogP contribution in [0.3, 0.4) is 0 Å². The zero-order valence-corrected chi connectivity index (χ0v) is 34.0. The minimum Gasteiger partial charge on any atom is -0.228 e. The maximum atomic E-state index is 5.37. The van der Waals surface area contributed by atoms with Crippen LogP contribution < -0.4 is 0 Å². The zero-order chi connectivity index (χ0) is 40.7. The van der Waals surface area contributed by atoms with Crippen molar-refractivity contribution in [1.82, 2.24) is 9.97 Å². The normalized spacial score (nSPS) is 12.9. The summed E-state index contributed by atoms with van der Waals surface area (Å²) in [6, 6.07) is 75.0. The van der Waals surface area contributed by atoms with Crippen molar-refractivity contribution >= 4 is 43.1 Å². The summed E-state index contributed by atoms with van der Waals surface area (Å²) in [5.74, 6) is 0.702. The summed E-state index contributed by atoms with van der Waals surface area (Å²) in [4.78, 5) is 10.7. The second-order valence-electron chi connectivity index (χ2n) is 16.9. The van der Waals surface area contributed by atoms with E-state index in [1.165, 1.54) is 76.6 Å².